The second-order valence-electron chi connectivity index (χ2n) is 7.25. The Morgan fingerprint density at radius 1 is 1.27 bits per heavy atom. The van der Waals surface area contributed by atoms with Crippen LogP contribution in [0.15, 0.2) is 18.2 Å². The van der Waals surface area contributed by atoms with Gasteiger partial charge in [0.1, 0.15) is 5.75 Å². The number of nitrogens with zero attached hydrogens (tertiary/aromatic N) is 1. The van der Waals surface area contributed by atoms with E-state index in [9.17, 15) is 14.7 Å². The first-order valence-electron chi connectivity index (χ1n) is 9.53. The zero-order valence-electron chi connectivity index (χ0n) is 15.4. The number of rotatable bonds is 6. The van der Waals surface area contributed by atoms with Crippen molar-refractivity contribution in [1.29, 1.82) is 0 Å². The van der Waals surface area contributed by atoms with Gasteiger partial charge in [0.15, 0.2) is 0 Å². The second kappa shape index (κ2) is 8.54. The lowest BCUT2D eigenvalue weighted by Gasteiger charge is -2.33. The molecular weight excluding hydrogens is 332 g/mol. The van der Waals surface area contributed by atoms with Crippen molar-refractivity contribution in [3.63, 3.8) is 0 Å². The monoisotopic (exact) mass is 360 g/mol. The van der Waals surface area contributed by atoms with Crippen molar-refractivity contribution in [1.82, 2.24) is 4.90 Å². The molecule has 1 aliphatic carbocycles. The van der Waals surface area contributed by atoms with Crippen molar-refractivity contribution in [2.24, 2.45) is 0 Å². The lowest BCUT2D eigenvalue weighted by molar-refractivity contribution is -0.133. The average molecular weight is 360 g/mol. The fourth-order valence-corrected chi connectivity index (χ4v) is 3.76. The Bertz CT molecular complexity index is 653. The van der Waals surface area contributed by atoms with Gasteiger partial charge in [0.25, 0.3) is 0 Å². The number of ether oxygens (including phenoxy) is 1. The fourth-order valence-electron chi connectivity index (χ4n) is 3.76. The summed E-state index contributed by atoms with van der Waals surface area (Å²) in [7, 11) is 1.86. The van der Waals surface area contributed by atoms with E-state index in [1.807, 2.05) is 30.1 Å². The molecule has 1 aromatic carbocycles. The molecule has 1 saturated carbocycles. The van der Waals surface area contributed by atoms with Crippen molar-refractivity contribution in [2.45, 2.75) is 63.5 Å². The Labute approximate surface area is 154 Å². The second-order valence-corrected chi connectivity index (χ2v) is 7.25. The SMILES string of the molecule is CN(C(=O)CCCOc1cccc2c1CCC(=O)N2)C1CCC(O)CC1. The Morgan fingerprint density at radius 2 is 2.04 bits per heavy atom. The summed E-state index contributed by atoms with van der Waals surface area (Å²) in [6.45, 7) is 0.480. The summed E-state index contributed by atoms with van der Waals surface area (Å²) in [6, 6.07) is 5.92. The first-order valence-corrected chi connectivity index (χ1v) is 9.53. The van der Waals surface area contributed by atoms with Gasteiger partial charge in [0, 0.05) is 37.2 Å². The van der Waals surface area contributed by atoms with Gasteiger partial charge in [0.05, 0.1) is 12.7 Å². The molecule has 0 radical (unpaired) electrons. The summed E-state index contributed by atoms with van der Waals surface area (Å²) in [5.74, 6) is 0.973. The summed E-state index contributed by atoms with van der Waals surface area (Å²) in [4.78, 5) is 25.7. The van der Waals surface area contributed by atoms with Crippen LogP contribution in [0.25, 0.3) is 0 Å². The zero-order valence-corrected chi connectivity index (χ0v) is 15.4. The summed E-state index contributed by atoms with van der Waals surface area (Å²) >= 11 is 0. The molecule has 1 aliphatic heterocycles. The van der Waals surface area contributed by atoms with Gasteiger partial charge in [0.2, 0.25) is 11.8 Å². The highest BCUT2D eigenvalue weighted by atomic mass is 16.5. The Kier molecular flexibility index (Phi) is 6.14. The van der Waals surface area contributed by atoms with E-state index in [2.05, 4.69) is 5.32 Å². The molecule has 1 heterocycles. The van der Waals surface area contributed by atoms with Crippen LogP contribution in [0.1, 0.15) is 50.5 Å². The average Bonchev–Trinajstić information content (AvgIpc) is 2.64. The first-order chi connectivity index (χ1) is 12.5. The third kappa shape index (κ3) is 4.55. The molecule has 2 amide bonds. The van der Waals surface area contributed by atoms with E-state index in [0.29, 0.717) is 32.3 Å². The molecule has 1 aromatic rings. The molecule has 0 unspecified atom stereocenters. The summed E-state index contributed by atoms with van der Waals surface area (Å²) in [6.07, 6.45) is 5.39. The fraction of sp³-hybridized carbons (Fsp3) is 0.600. The van der Waals surface area contributed by atoms with E-state index in [-0.39, 0.29) is 24.0 Å². The van der Waals surface area contributed by atoms with Gasteiger partial charge in [-0.3, -0.25) is 9.59 Å². The molecule has 3 rings (SSSR count). The molecule has 0 atom stereocenters. The normalized spacial score (nSPS) is 22.3. The number of anilines is 1. The highest BCUT2D eigenvalue weighted by Gasteiger charge is 2.25. The third-order valence-electron chi connectivity index (χ3n) is 5.41. The van der Waals surface area contributed by atoms with Crippen molar-refractivity contribution in [3.8, 4) is 5.75 Å². The molecular formula is C20H28N2O4. The Hall–Kier alpha value is -2.08. The van der Waals surface area contributed by atoms with Crippen molar-refractivity contribution >= 4 is 17.5 Å². The summed E-state index contributed by atoms with van der Waals surface area (Å²) in [5.41, 5.74) is 1.87. The standard InChI is InChI=1S/C20H28N2O4/c1-22(14-7-9-15(23)10-8-14)20(25)6-3-13-26-18-5-2-4-17-16(18)11-12-19(24)21-17/h2,4-5,14-15,23H,3,6-13H2,1H3,(H,21,24). The van der Waals surface area contributed by atoms with Crippen molar-refractivity contribution in [2.75, 3.05) is 19.0 Å². The first kappa shape index (κ1) is 18.7. The largest absolute Gasteiger partial charge is 0.493 e. The number of fused-ring (bicyclic) bond motifs is 1. The van der Waals surface area contributed by atoms with Crippen LogP contribution in [0.3, 0.4) is 0 Å². The molecule has 2 aliphatic rings. The van der Waals surface area contributed by atoms with Crippen LogP contribution >= 0.6 is 0 Å². The predicted molar refractivity (Wildman–Crippen MR) is 99.2 cm³/mol. The van der Waals surface area contributed by atoms with Gasteiger partial charge in [-0.1, -0.05) is 6.07 Å². The highest BCUT2D eigenvalue weighted by molar-refractivity contribution is 5.94. The number of carbonyl (C=O) groups excluding carboxylic acids is 2. The lowest BCUT2D eigenvalue weighted by atomic mass is 9.92. The van der Waals surface area contributed by atoms with Gasteiger partial charge in [-0.25, -0.2) is 0 Å². The minimum atomic E-state index is -0.204. The molecule has 0 spiro atoms. The van der Waals surface area contributed by atoms with Crippen LogP contribution in [0, 0.1) is 0 Å². The van der Waals surface area contributed by atoms with Gasteiger partial charge in [-0.15, -0.1) is 0 Å². The van der Waals surface area contributed by atoms with Crippen molar-refractivity contribution in [3.05, 3.63) is 23.8 Å². The third-order valence-corrected chi connectivity index (χ3v) is 5.41. The Morgan fingerprint density at radius 3 is 2.81 bits per heavy atom. The van der Waals surface area contributed by atoms with Crippen LogP contribution in [0.2, 0.25) is 0 Å². The zero-order chi connectivity index (χ0) is 18.5. The van der Waals surface area contributed by atoms with Crippen LogP contribution in [-0.2, 0) is 16.0 Å². The van der Waals surface area contributed by atoms with E-state index in [1.165, 1.54) is 0 Å². The van der Waals surface area contributed by atoms with E-state index >= 15 is 0 Å². The number of aliphatic hydroxyl groups excluding tert-OH is 1. The minimum Gasteiger partial charge on any atom is -0.493 e. The molecule has 2 N–H and O–H groups in total. The molecule has 26 heavy (non-hydrogen) atoms. The summed E-state index contributed by atoms with van der Waals surface area (Å²) in [5, 5.41) is 12.5. The number of carbonyl (C=O) groups is 2. The van der Waals surface area contributed by atoms with E-state index in [1.54, 1.807) is 0 Å². The Balaban J connectivity index is 1.44. The maximum absolute atomic E-state index is 12.4. The van der Waals surface area contributed by atoms with Crippen LogP contribution in [-0.4, -0.2) is 47.6 Å². The van der Waals surface area contributed by atoms with Gasteiger partial charge < -0.3 is 20.1 Å². The van der Waals surface area contributed by atoms with Crippen molar-refractivity contribution < 1.29 is 19.4 Å². The molecule has 1 fully saturated rings. The minimum absolute atomic E-state index is 0.0403. The predicted octanol–water partition coefficient (Wildman–Crippen LogP) is 2.49. The smallest absolute Gasteiger partial charge is 0.224 e. The van der Waals surface area contributed by atoms with Crippen LogP contribution in [0.4, 0.5) is 5.69 Å². The molecule has 0 bridgehead atoms. The summed E-state index contributed by atoms with van der Waals surface area (Å²) < 4.78 is 5.87. The van der Waals surface area contributed by atoms with Crippen LogP contribution in [0.5, 0.6) is 5.75 Å². The van der Waals surface area contributed by atoms with E-state index < -0.39 is 0 Å². The van der Waals surface area contributed by atoms with E-state index in [0.717, 1.165) is 42.7 Å². The number of hydrogen-bond acceptors (Lipinski definition) is 4. The quantitative estimate of drug-likeness (QED) is 0.764. The number of hydrogen-bond donors (Lipinski definition) is 2. The molecule has 0 saturated heterocycles. The maximum atomic E-state index is 12.4. The maximum Gasteiger partial charge on any atom is 0.224 e. The topological polar surface area (TPSA) is 78.9 Å². The number of amides is 2. The highest BCUT2D eigenvalue weighted by Crippen LogP contribution is 2.31. The van der Waals surface area contributed by atoms with Crippen LogP contribution < -0.4 is 10.1 Å². The molecule has 6 heteroatoms. The van der Waals surface area contributed by atoms with Gasteiger partial charge in [-0.2, -0.15) is 0 Å². The van der Waals surface area contributed by atoms with Gasteiger partial charge >= 0.3 is 0 Å². The lowest BCUT2D eigenvalue weighted by Crippen LogP contribution is -2.40. The molecule has 0 aromatic heterocycles. The van der Waals surface area contributed by atoms with E-state index in [4.69, 9.17) is 4.74 Å². The molecule has 6 nitrogen and oxygen atoms in total. The van der Waals surface area contributed by atoms with Gasteiger partial charge in [-0.05, 0) is 50.7 Å². The number of benzene rings is 1. The number of aliphatic hydroxyl groups is 1. The number of nitrogens with one attached hydrogen (secondary N) is 1. The molecule has 142 valence electrons.